The van der Waals surface area contributed by atoms with E-state index in [-0.39, 0.29) is 50.1 Å². The summed E-state index contributed by atoms with van der Waals surface area (Å²) in [7, 11) is 3.06. The molecule has 0 aliphatic rings. The van der Waals surface area contributed by atoms with E-state index in [2.05, 4.69) is 15.5 Å². The van der Waals surface area contributed by atoms with Crippen LogP contribution in [0.25, 0.3) is 10.9 Å². The third kappa shape index (κ3) is 6.09. The summed E-state index contributed by atoms with van der Waals surface area (Å²) < 4.78 is 15.5. The molecule has 1 aromatic heterocycles. The zero-order chi connectivity index (χ0) is 24.5. The molecule has 34 heavy (non-hydrogen) atoms. The largest absolute Gasteiger partial charge is 0.496 e. The minimum absolute atomic E-state index is 0.141. The molecule has 0 bridgehead atoms. The van der Waals surface area contributed by atoms with Crippen LogP contribution in [0.4, 0.5) is 5.69 Å². The number of aromatic nitrogens is 2. The van der Waals surface area contributed by atoms with Gasteiger partial charge in [-0.05, 0) is 24.3 Å². The number of rotatable bonds is 12. The maximum atomic E-state index is 13.1. The summed E-state index contributed by atoms with van der Waals surface area (Å²) >= 11 is 0. The number of aliphatic carboxylic acids is 1. The summed E-state index contributed by atoms with van der Waals surface area (Å²) in [5.41, 5.74) is 1.79. The van der Waals surface area contributed by atoms with Crippen molar-refractivity contribution in [2.24, 2.45) is 0 Å². The number of nitrogens with one attached hydrogen (secondary N) is 2. The molecule has 0 saturated heterocycles. The van der Waals surface area contributed by atoms with Gasteiger partial charge in [0.05, 0.1) is 38.0 Å². The number of carbonyl (C=O) groups is 3. The van der Waals surface area contributed by atoms with Crippen molar-refractivity contribution in [3.05, 3.63) is 53.7 Å². The molecule has 2 amide bonds. The monoisotopic (exact) mass is 470 g/mol. The van der Waals surface area contributed by atoms with Gasteiger partial charge in [-0.1, -0.05) is 18.2 Å². The molecule has 2 aromatic carbocycles. The number of carbonyl (C=O) groups excluding carboxylic acids is 2. The maximum Gasteiger partial charge on any atom is 0.329 e. The van der Waals surface area contributed by atoms with Gasteiger partial charge in [-0.3, -0.25) is 14.7 Å². The number of anilines is 1. The van der Waals surface area contributed by atoms with Crippen molar-refractivity contribution in [2.75, 3.05) is 52.0 Å². The van der Waals surface area contributed by atoms with Crippen LogP contribution in [0.15, 0.2) is 42.5 Å². The van der Waals surface area contributed by atoms with Gasteiger partial charge in [-0.25, -0.2) is 4.79 Å². The van der Waals surface area contributed by atoms with Crippen LogP contribution in [0.3, 0.4) is 0 Å². The molecule has 0 aliphatic heterocycles. The van der Waals surface area contributed by atoms with Crippen molar-refractivity contribution < 1.29 is 33.7 Å². The van der Waals surface area contributed by atoms with Gasteiger partial charge in [-0.2, -0.15) is 5.10 Å². The van der Waals surface area contributed by atoms with Gasteiger partial charge in [0, 0.05) is 24.7 Å². The van der Waals surface area contributed by atoms with Crippen LogP contribution in [-0.4, -0.2) is 80.2 Å². The van der Waals surface area contributed by atoms with Crippen LogP contribution in [-0.2, 0) is 14.3 Å². The Balaban J connectivity index is 1.61. The van der Waals surface area contributed by atoms with Gasteiger partial charge in [0.15, 0.2) is 5.69 Å². The van der Waals surface area contributed by atoms with E-state index < -0.39 is 11.9 Å². The van der Waals surface area contributed by atoms with Gasteiger partial charge in [0.2, 0.25) is 0 Å². The number of ether oxygens (including phenoxy) is 3. The number of aromatic amines is 1. The highest BCUT2D eigenvalue weighted by molar-refractivity contribution is 6.12. The fourth-order valence-corrected chi connectivity index (χ4v) is 3.20. The van der Waals surface area contributed by atoms with Crippen LogP contribution in [0.2, 0.25) is 0 Å². The van der Waals surface area contributed by atoms with Crippen molar-refractivity contribution >= 4 is 34.4 Å². The highest BCUT2D eigenvalue weighted by atomic mass is 16.5. The first-order chi connectivity index (χ1) is 16.4. The number of fused-ring (bicyclic) bond motifs is 1. The zero-order valence-electron chi connectivity index (χ0n) is 18.9. The van der Waals surface area contributed by atoms with E-state index in [1.807, 2.05) is 24.3 Å². The van der Waals surface area contributed by atoms with Gasteiger partial charge in [-0.15, -0.1) is 0 Å². The van der Waals surface area contributed by atoms with Crippen LogP contribution >= 0.6 is 0 Å². The SMILES string of the molecule is COc1ccc(N(C)C(=O)c2n[nH]c3ccccc23)cc1C(=O)NCCOCCOCC(=O)O. The number of benzene rings is 2. The Kier molecular flexibility index (Phi) is 8.54. The molecule has 1 heterocycles. The summed E-state index contributed by atoms with van der Waals surface area (Å²) in [4.78, 5) is 37.6. The van der Waals surface area contributed by atoms with E-state index >= 15 is 0 Å². The van der Waals surface area contributed by atoms with Crippen LogP contribution < -0.4 is 15.0 Å². The number of hydrogen-bond acceptors (Lipinski definition) is 7. The molecule has 0 aliphatic carbocycles. The first kappa shape index (κ1) is 24.7. The second-order valence-electron chi connectivity index (χ2n) is 7.18. The molecule has 11 heteroatoms. The minimum Gasteiger partial charge on any atom is -0.496 e. The highest BCUT2D eigenvalue weighted by Crippen LogP contribution is 2.26. The maximum absolute atomic E-state index is 13.1. The lowest BCUT2D eigenvalue weighted by molar-refractivity contribution is -0.142. The highest BCUT2D eigenvalue weighted by Gasteiger charge is 2.21. The number of hydrogen-bond donors (Lipinski definition) is 3. The molecule has 3 N–H and O–H groups in total. The van der Waals surface area contributed by atoms with E-state index in [9.17, 15) is 14.4 Å². The second-order valence-corrected chi connectivity index (χ2v) is 7.18. The smallest absolute Gasteiger partial charge is 0.329 e. The molecule has 180 valence electrons. The topological polar surface area (TPSA) is 143 Å². The molecule has 0 radical (unpaired) electrons. The van der Waals surface area contributed by atoms with E-state index in [4.69, 9.17) is 19.3 Å². The lowest BCUT2D eigenvalue weighted by Gasteiger charge is -2.18. The fourth-order valence-electron chi connectivity index (χ4n) is 3.20. The van der Waals surface area contributed by atoms with Gasteiger partial charge >= 0.3 is 5.97 Å². The molecule has 0 spiro atoms. The first-order valence-corrected chi connectivity index (χ1v) is 10.5. The molecular weight excluding hydrogens is 444 g/mol. The lowest BCUT2D eigenvalue weighted by Crippen LogP contribution is -2.29. The van der Waals surface area contributed by atoms with Crippen LogP contribution in [0.1, 0.15) is 20.8 Å². The molecule has 0 unspecified atom stereocenters. The quantitative estimate of drug-likeness (QED) is 0.340. The van der Waals surface area contributed by atoms with Crippen molar-refractivity contribution in [3.63, 3.8) is 0 Å². The van der Waals surface area contributed by atoms with E-state index in [1.54, 1.807) is 25.2 Å². The second kappa shape index (κ2) is 11.8. The Morgan fingerprint density at radius 1 is 1.09 bits per heavy atom. The summed E-state index contributed by atoms with van der Waals surface area (Å²) in [5.74, 6) is -1.41. The Bertz CT molecular complexity index is 1160. The Labute approximate surface area is 195 Å². The predicted octanol–water partition coefficient (Wildman–Crippen LogP) is 1.70. The molecule has 0 saturated carbocycles. The van der Waals surface area contributed by atoms with E-state index in [1.165, 1.54) is 12.0 Å². The molecule has 0 atom stereocenters. The minimum atomic E-state index is -1.05. The standard InChI is InChI=1S/C23H26N4O7/c1-27(23(31)21-16-5-3-4-6-18(16)25-26-21)15-7-8-19(32-2)17(13-15)22(30)24-9-10-33-11-12-34-14-20(28)29/h3-8,13H,9-12,14H2,1-2H3,(H,24,30)(H,25,26)(H,28,29). The Hall–Kier alpha value is -3.96. The molecule has 0 fully saturated rings. The van der Waals surface area contributed by atoms with Gasteiger partial charge in [0.1, 0.15) is 12.4 Å². The van der Waals surface area contributed by atoms with Crippen molar-refractivity contribution in [1.82, 2.24) is 15.5 Å². The van der Waals surface area contributed by atoms with Crippen molar-refractivity contribution in [2.45, 2.75) is 0 Å². The number of H-pyrrole nitrogens is 1. The Morgan fingerprint density at radius 2 is 1.85 bits per heavy atom. The first-order valence-electron chi connectivity index (χ1n) is 10.5. The summed E-state index contributed by atoms with van der Waals surface area (Å²) in [5, 5.41) is 18.9. The van der Waals surface area contributed by atoms with E-state index in [0.717, 1.165) is 5.52 Å². The lowest BCUT2D eigenvalue weighted by atomic mass is 10.1. The molecular formula is C23H26N4O7. The number of carboxylic acid groups (broad SMARTS) is 1. The third-order valence-electron chi connectivity index (χ3n) is 4.92. The van der Waals surface area contributed by atoms with Crippen molar-refractivity contribution in [1.29, 1.82) is 0 Å². The fraction of sp³-hybridized carbons (Fsp3) is 0.304. The number of para-hydroxylation sites is 1. The number of amides is 2. The number of nitrogens with zero attached hydrogens (tertiary/aromatic N) is 2. The molecule has 3 rings (SSSR count). The summed E-state index contributed by atoms with van der Waals surface area (Å²) in [6.07, 6.45) is 0. The van der Waals surface area contributed by atoms with E-state index in [0.29, 0.717) is 16.8 Å². The normalized spacial score (nSPS) is 10.8. The number of methoxy groups -OCH3 is 1. The van der Waals surface area contributed by atoms with Gasteiger partial charge in [0.25, 0.3) is 11.8 Å². The van der Waals surface area contributed by atoms with Crippen LogP contribution in [0.5, 0.6) is 5.75 Å². The van der Waals surface area contributed by atoms with Crippen LogP contribution in [0, 0.1) is 0 Å². The average molecular weight is 470 g/mol. The molecule has 11 nitrogen and oxygen atoms in total. The van der Waals surface area contributed by atoms with Crippen molar-refractivity contribution in [3.8, 4) is 5.75 Å². The third-order valence-corrected chi connectivity index (χ3v) is 4.92. The van der Waals surface area contributed by atoms with Gasteiger partial charge < -0.3 is 29.5 Å². The molecule has 3 aromatic rings. The Morgan fingerprint density at radius 3 is 2.62 bits per heavy atom. The summed E-state index contributed by atoms with van der Waals surface area (Å²) in [6, 6.07) is 12.2. The average Bonchev–Trinajstić information content (AvgIpc) is 3.28. The zero-order valence-corrected chi connectivity index (χ0v) is 18.9. The predicted molar refractivity (Wildman–Crippen MR) is 123 cm³/mol. The number of carboxylic acids is 1. The summed E-state index contributed by atoms with van der Waals surface area (Å²) in [6.45, 7) is 0.399.